The van der Waals surface area contributed by atoms with Gasteiger partial charge in [-0.1, -0.05) is 12.1 Å². The zero-order valence-corrected chi connectivity index (χ0v) is 10.5. The number of hydrogen-bond donors (Lipinski definition) is 5. The van der Waals surface area contributed by atoms with Gasteiger partial charge in [0, 0.05) is 0 Å². The van der Waals surface area contributed by atoms with Crippen LogP contribution < -0.4 is 0 Å². The quantitative estimate of drug-likeness (QED) is 0.485. The molecule has 20 heavy (non-hydrogen) atoms. The molecule has 0 unspecified atom stereocenters. The van der Waals surface area contributed by atoms with Crippen molar-refractivity contribution in [1.82, 2.24) is 9.97 Å². The summed E-state index contributed by atoms with van der Waals surface area (Å²) in [6.07, 6.45) is -5.97. The van der Waals surface area contributed by atoms with E-state index >= 15 is 0 Å². The van der Waals surface area contributed by atoms with Gasteiger partial charge in [0.15, 0.2) is 0 Å². The average molecular weight is 280 g/mol. The van der Waals surface area contributed by atoms with Crippen molar-refractivity contribution < 1.29 is 25.2 Å². The van der Waals surface area contributed by atoms with E-state index in [1.165, 1.54) is 0 Å². The summed E-state index contributed by atoms with van der Waals surface area (Å²) >= 11 is 0. The molecule has 0 aliphatic carbocycles. The third kappa shape index (κ3) is 2.09. The highest BCUT2D eigenvalue weighted by Crippen LogP contribution is 2.31. The number of aromatic nitrogens is 2. The van der Waals surface area contributed by atoms with Gasteiger partial charge in [0.1, 0.15) is 36.3 Å². The van der Waals surface area contributed by atoms with Crippen molar-refractivity contribution in [2.45, 2.75) is 30.5 Å². The van der Waals surface area contributed by atoms with Crippen LogP contribution in [0.1, 0.15) is 11.9 Å². The molecule has 1 aromatic heterocycles. The first kappa shape index (κ1) is 13.5. The molecule has 7 nitrogen and oxygen atoms in total. The van der Waals surface area contributed by atoms with E-state index < -0.39 is 37.1 Å². The number of fused-ring (bicyclic) bond motifs is 1. The van der Waals surface area contributed by atoms with Crippen LogP contribution in [0.4, 0.5) is 0 Å². The average Bonchev–Trinajstić information content (AvgIpc) is 2.89. The fraction of sp³-hybridized carbons (Fsp3) is 0.462. The minimum Gasteiger partial charge on any atom is -0.394 e. The molecule has 0 radical (unpaired) electrons. The summed E-state index contributed by atoms with van der Waals surface area (Å²) in [7, 11) is 0. The summed E-state index contributed by atoms with van der Waals surface area (Å²) in [6, 6.07) is 7.31. The number of ether oxygens (including phenoxy) is 1. The normalized spacial score (nSPS) is 34.5. The van der Waals surface area contributed by atoms with Crippen LogP contribution in [0.3, 0.4) is 0 Å². The number of nitrogens with one attached hydrogen (secondary N) is 1. The van der Waals surface area contributed by atoms with Crippen molar-refractivity contribution in [2.24, 2.45) is 0 Å². The van der Waals surface area contributed by atoms with E-state index in [1.54, 1.807) is 6.07 Å². The van der Waals surface area contributed by atoms with Crippen LogP contribution in [0, 0.1) is 0 Å². The first-order valence-electron chi connectivity index (χ1n) is 6.37. The molecule has 7 heteroatoms. The fourth-order valence-corrected chi connectivity index (χ4v) is 2.43. The lowest BCUT2D eigenvalue weighted by Crippen LogP contribution is -2.55. The van der Waals surface area contributed by atoms with Crippen LogP contribution in [0.15, 0.2) is 24.3 Å². The maximum atomic E-state index is 10.0. The number of aromatic amines is 1. The lowest BCUT2D eigenvalue weighted by atomic mass is 9.95. The molecule has 0 spiro atoms. The number of nitrogens with zero attached hydrogens (tertiary/aromatic N) is 1. The van der Waals surface area contributed by atoms with Crippen molar-refractivity contribution in [2.75, 3.05) is 6.61 Å². The van der Waals surface area contributed by atoms with E-state index in [0.29, 0.717) is 11.3 Å². The maximum absolute atomic E-state index is 10.0. The van der Waals surface area contributed by atoms with Crippen molar-refractivity contribution in [3.63, 3.8) is 0 Å². The van der Waals surface area contributed by atoms with Crippen LogP contribution >= 0.6 is 0 Å². The Labute approximate surface area is 114 Å². The van der Waals surface area contributed by atoms with E-state index in [0.717, 1.165) is 5.52 Å². The molecule has 5 N–H and O–H groups in total. The van der Waals surface area contributed by atoms with Crippen molar-refractivity contribution in [3.05, 3.63) is 30.1 Å². The highest BCUT2D eigenvalue weighted by atomic mass is 16.5. The number of benzene rings is 1. The molecule has 1 aliphatic rings. The summed E-state index contributed by atoms with van der Waals surface area (Å²) < 4.78 is 5.44. The van der Waals surface area contributed by atoms with Gasteiger partial charge in [0.05, 0.1) is 17.6 Å². The van der Waals surface area contributed by atoms with E-state index in [-0.39, 0.29) is 0 Å². The van der Waals surface area contributed by atoms with Crippen LogP contribution in [0.2, 0.25) is 0 Å². The largest absolute Gasteiger partial charge is 0.394 e. The summed E-state index contributed by atoms with van der Waals surface area (Å²) in [5.74, 6) is 0.350. The molecule has 2 aromatic rings. The maximum Gasteiger partial charge on any atom is 0.144 e. The number of imidazole rings is 1. The lowest BCUT2D eigenvalue weighted by Gasteiger charge is -2.39. The minimum atomic E-state index is -1.40. The number of hydrogen-bond acceptors (Lipinski definition) is 6. The molecule has 1 aromatic carbocycles. The molecular weight excluding hydrogens is 264 g/mol. The Kier molecular flexibility index (Phi) is 3.45. The lowest BCUT2D eigenvalue weighted by molar-refractivity contribution is -0.233. The van der Waals surface area contributed by atoms with Gasteiger partial charge in [0.2, 0.25) is 0 Å². The molecule has 108 valence electrons. The van der Waals surface area contributed by atoms with Gasteiger partial charge in [-0.15, -0.1) is 0 Å². The molecule has 3 rings (SSSR count). The molecule has 0 amide bonds. The fourth-order valence-electron chi connectivity index (χ4n) is 2.43. The summed E-state index contributed by atoms with van der Waals surface area (Å²) in [5.41, 5.74) is 1.49. The van der Waals surface area contributed by atoms with Crippen LogP contribution in [-0.2, 0) is 4.74 Å². The zero-order chi connectivity index (χ0) is 14.3. The Morgan fingerprint density at radius 2 is 1.85 bits per heavy atom. The minimum absolute atomic E-state index is 0.350. The summed E-state index contributed by atoms with van der Waals surface area (Å²) in [4.78, 5) is 7.31. The first-order chi connectivity index (χ1) is 9.61. The predicted molar refractivity (Wildman–Crippen MR) is 68.8 cm³/mol. The van der Waals surface area contributed by atoms with E-state index in [2.05, 4.69) is 9.97 Å². The highest BCUT2D eigenvalue weighted by Gasteiger charge is 2.45. The standard InChI is InChI=1S/C13H16N2O5/c16-5-8-9(17)10(18)11(19)12(20-8)13-14-6-3-1-2-4-7(6)15-13/h1-4,8-12,16-19H,5H2,(H,14,15)/t8-,9-,10+,11+,12+/m1/s1. The van der Waals surface area contributed by atoms with E-state index in [9.17, 15) is 15.3 Å². The Hall–Kier alpha value is -1.51. The van der Waals surface area contributed by atoms with Gasteiger partial charge in [-0.25, -0.2) is 4.98 Å². The monoisotopic (exact) mass is 280 g/mol. The second kappa shape index (κ2) is 5.12. The Balaban J connectivity index is 1.95. The van der Waals surface area contributed by atoms with Gasteiger partial charge < -0.3 is 30.1 Å². The molecule has 5 atom stereocenters. The molecule has 1 fully saturated rings. The number of para-hydroxylation sites is 2. The molecule has 0 saturated carbocycles. The number of aliphatic hydroxyl groups is 4. The van der Waals surface area contributed by atoms with Crippen molar-refractivity contribution >= 4 is 11.0 Å². The predicted octanol–water partition coefficient (Wildman–Crippen LogP) is -0.922. The SMILES string of the molecule is OC[C@H]1O[C@H](c2nc3ccccc3[nH]2)[C@@H](O)[C@@H](O)[C@@H]1O. The zero-order valence-electron chi connectivity index (χ0n) is 10.5. The molecule has 0 bridgehead atoms. The number of rotatable bonds is 2. The van der Waals surface area contributed by atoms with Crippen LogP contribution in [-0.4, -0.2) is 61.4 Å². The van der Waals surface area contributed by atoms with Crippen molar-refractivity contribution in [1.29, 1.82) is 0 Å². The highest BCUT2D eigenvalue weighted by molar-refractivity contribution is 5.74. The number of aliphatic hydroxyl groups excluding tert-OH is 4. The summed E-state index contributed by atoms with van der Waals surface area (Å²) in [6.45, 7) is -0.457. The second-order valence-electron chi connectivity index (χ2n) is 4.89. The number of H-pyrrole nitrogens is 1. The molecule has 1 aliphatic heterocycles. The van der Waals surface area contributed by atoms with Crippen LogP contribution in [0.25, 0.3) is 11.0 Å². The Bertz CT molecular complexity index is 566. The third-order valence-corrected chi connectivity index (χ3v) is 3.57. The molecular formula is C13H16N2O5. The third-order valence-electron chi connectivity index (χ3n) is 3.57. The van der Waals surface area contributed by atoms with Gasteiger partial charge in [0.25, 0.3) is 0 Å². The summed E-state index contributed by atoms with van der Waals surface area (Å²) in [5, 5.41) is 38.7. The van der Waals surface area contributed by atoms with Crippen molar-refractivity contribution in [3.8, 4) is 0 Å². The topological polar surface area (TPSA) is 119 Å². The van der Waals surface area contributed by atoms with Gasteiger partial charge in [-0.3, -0.25) is 0 Å². The van der Waals surface area contributed by atoms with Crippen LogP contribution in [0.5, 0.6) is 0 Å². The first-order valence-corrected chi connectivity index (χ1v) is 6.37. The Morgan fingerprint density at radius 1 is 1.10 bits per heavy atom. The van der Waals surface area contributed by atoms with Gasteiger partial charge >= 0.3 is 0 Å². The smallest absolute Gasteiger partial charge is 0.144 e. The van der Waals surface area contributed by atoms with Gasteiger partial charge in [-0.2, -0.15) is 0 Å². The second-order valence-corrected chi connectivity index (χ2v) is 4.89. The van der Waals surface area contributed by atoms with Gasteiger partial charge in [-0.05, 0) is 12.1 Å². The molecule has 1 saturated heterocycles. The molecule has 2 heterocycles. The van der Waals surface area contributed by atoms with E-state index in [4.69, 9.17) is 9.84 Å². The van der Waals surface area contributed by atoms with E-state index in [1.807, 2.05) is 18.2 Å². The Morgan fingerprint density at radius 3 is 2.55 bits per heavy atom.